The van der Waals surface area contributed by atoms with Gasteiger partial charge >= 0.3 is 0 Å². The fraction of sp³-hybridized carbons (Fsp3) is 0.357. The highest BCUT2D eigenvalue weighted by molar-refractivity contribution is 5.73. The van der Waals surface area contributed by atoms with Crippen LogP contribution < -0.4 is 19.9 Å². The van der Waals surface area contributed by atoms with Gasteiger partial charge in [0.15, 0.2) is 11.5 Å². The van der Waals surface area contributed by atoms with Gasteiger partial charge < -0.3 is 19.9 Å². The van der Waals surface area contributed by atoms with Crippen LogP contribution in [0.15, 0.2) is 18.2 Å². The van der Waals surface area contributed by atoms with Crippen molar-refractivity contribution in [2.75, 3.05) is 26.6 Å². The van der Waals surface area contributed by atoms with Crippen molar-refractivity contribution in [1.82, 2.24) is 9.78 Å². The van der Waals surface area contributed by atoms with Crippen LogP contribution in [0.5, 0.6) is 17.2 Å². The Labute approximate surface area is 118 Å². The fourth-order valence-electron chi connectivity index (χ4n) is 1.95. The predicted molar refractivity (Wildman–Crippen MR) is 77.3 cm³/mol. The number of methoxy groups -OCH3 is 2. The van der Waals surface area contributed by atoms with Gasteiger partial charge in [-0.1, -0.05) is 0 Å². The molecule has 0 saturated heterocycles. The Morgan fingerprint density at radius 2 is 1.80 bits per heavy atom. The largest absolute Gasteiger partial charge is 0.496 e. The van der Waals surface area contributed by atoms with E-state index >= 15 is 0 Å². The second-order valence-electron chi connectivity index (χ2n) is 4.21. The molecule has 0 spiro atoms. The maximum atomic E-state index is 5.83. The molecule has 0 radical (unpaired) electrons. The first-order valence-electron chi connectivity index (χ1n) is 6.29. The quantitative estimate of drug-likeness (QED) is 0.906. The Kier molecular flexibility index (Phi) is 4.02. The molecule has 1 aromatic heterocycles. The van der Waals surface area contributed by atoms with Crippen LogP contribution in [0, 0.1) is 0 Å². The highest BCUT2D eigenvalue weighted by atomic mass is 16.5. The standard InChI is InChI=1S/C14H19N3O3/c1-5-20-13-6-9(10-7-14(15)17(2)16-10)11(18-3)8-12(13)19-4/h6-8H,5,15H2,1-4H3. The molecule has 20 heavy (non-hydrogen) atoms. The minimum atomic E-state index is 0.548. The number of nitrogens with zero attached hydrogens (tertiary/aromatic N) is 2. The lowest BCUT2D eigenvalue weighted by atomic mass is 10.1. The number of aryl methyl sites for hydroxylation is 1. The van der Waals surface area contributed by atoms with Crippen molar-refractivity contribution >= 4 is 5.82 Å². The molecule has 0 atom stereocenters. The Bertz CT molecular complexity index is 588. The van der Waals surface area contributed by atoms with Crippen LogP contribution in [0.2, 0.25) is 0 Å². The van der Waals surface area contributed by atoms with Crippen LogP contribution in [0.3, 0.4) is 0 Å². The monoisotopic (exact) mass is 277 g/mol. The van der Waals surface area contributed by atoms with Gasteiger partial charge in [0.2, 0.25) is 0 Å². The Morgan fingerprint density at radius 3 is 2.30 bits per heavy atom. The Balaban J connectivity index is 2.58. The van der Waals surface area contributed by atoms with E-state index in [0.717, 1.165) is 11.3 Å². The van der Waals surface area contributed by atoms with Crippen molar-refractivity contribution in [3.05, 3.63) is 18.2 Å². The summed E-state index contributed by atoms with van der Waals surface area (Å²) in [5, 5.41) is 4.36. The molecule has 6 nitrogen and oxygen atoms in total. The smallest absolute Gasteiger partial charge is 0.164 e. The third-order valence-electron chi connectivity index (χ3n) is 2.98. The van der Waals surface area contributed by atoms with E-state index in [1.165, 1.54) is 0 Å². The highest BCUT2D eigenvalue weighted by Crippen LogP contribution is 2.40. The first-order valence-corrected chi connectivity index (χ1v) is 6.29. The van der Waals surface area contributed by atoms with E-state index in [1.807, 2.05) is 13.0 Å². The number of ether oxygens (including phenoxy) is 3. The number of hydrogen-bond acceptors (Lipinski definition) is 5. The highest BCUT2D eigenvalue weighted by Gasteiger charge is 2.16. The van der Waals surface area contributed by atoms with Crippen LogP contribution in [0.25, 0.3) is 11.3 Å². The Morgan fingerprint density at radius 1 is 1.10 bits per heavy atom. The Hall–Kier alpha value is -2.37. The minimum absolute atomic E-state index is 0.548. The molecular weight excluding hydrogens is 258 g/mol. The summed E-state index contributed by atoms with van der Waals surface area (Å²) < 4.78 is 17.9. The molecule has 0 aliphatic heterocycles. The van der Waals surface area contributed by atoms with E-state index in [-0.39, 0.29) is 0 Å². The molecule has 0 amide bonds. The summed E-state index contributed by atoms with van der Waals surface area (Å²) >= 11 is 0. The molecule has 1 heterocycles. The molecule has 0 saturated carbocycles. The minimum Gasteiger partial charge on any atom is -0.496 e. The molecule has 2 N–H and O–H groups in total. The van der Waals surface area contributed by atoms with Crippen molar-refractivity contribution in [1.29, 1.82) is 0 Å². The number of aromatic nitrogens is 2. The van der Waals surface area contributed by atoms with Crippen molar-refractivity contribution in [3.63, 3.8) is 0 Å². The number of hydrogen-bond donors (Lipinski definition) is 1. The van der Waals surface area contributed by atoms with E-state index in [1.54, 1.807) is 38.1 Å². The molecule has 1 aromatic carbocycles. The van der Waals surface area contributed by atoms with Gasteiger partial charge in [-0.15, -0.1) is 0 Å². The van der Waals surface area contributed by atoms with Crippen LogP contribution in [0.1, 0.15) is 6.92 Å². The summed E-state index contributed by atoms with van der Waals surface area (Å²) in [5.41, 5.74) is 7.36. The first-order chi connectivity index (χ1) is 9.60. The van der Waals surface area contributed by atoms with Gasteiger partial charge in [0.1, 0.15) is 11.6 Å². The normalized spacial score (nSPS) is 10.4. The average molecular weight is 277 g/mol. The maximum absolute atomic E-state index is 5.83. The zero-order valence-electron chi connectivity index (χ0n) is 12.1. The van der Waals surface area contributed by atoms with Gasteiger partial charge in [-0.05, 0) is 13.0 Å². The summed E-state index contributed by atoms with van der Waals surface area (Å²) in [5.74, 6) is 2.51. The molecule has 0 aliphatic rings. The second kappa shape index (κ2) is 5.73. The number of nitrogen functional groups attached to an aromatic ring is 1. The van der Waals surface area contributed by atoms with Gasteiger partial charge in [-0.3, -0.25) is 4.68 Å². The zero-order valence-corrected chi connectivity index (χ0v) is 12.1. The van der Waals surface area contributed by atoms with Crippen molar-refractivity contribution in [3.8, 4) is 28.5 Å². The molecule has 2 aromatic rings. The van der Waals surface area contributed by atoms with E-state index < -0.39 is 0 Å². The third-order valence-corrected chi connectivity index (χ3v) is 2.98. The van der Waals surface area contributed by atoms with E-state index in [9.17, 15) is 0 Å². The summed E-state index contributed by atoms with van der Waals surface area (Å²) in [7, 11) is 4.99. The van der Waals surface area contributed by atoms with E-state index in [2.05, 4.69) is 5.10 Å². The van der Waals surface area contributed by atoms with Gasteiger partial charge in [-0.2, -0.15) is 5.10 Å². The van der Waals surface area contributed by atoms with E-state index in [0.29, 0.717) is 29.7 Å². The lowest BCUT2D eigenvalue weighted by Crippen LogP contribution is -1.99. The maximum Gasteiger partial charge on any atom is 0.164 e. The van der Waals surface area contributed by atoms with Crippen LogP contribution in [-0.2, 0) is 7.05 Å². The molecule has 0 unspecified atom stereocenters. The van der Waals surface area contributed by atoms with E-state index in [4.69, 9.17) is 19.9 Å². The summed E-state index contributed by atoms with van der Waals surface area (Å²) in [6, 6.07) is 5.42. The van der Waals surface area contributed by atoms with Gasteiger partial charge in [0.25, 0.3) is 0 Å². The molecule has 108 valence electrons. The van der Waals surface area contributed by atoms with Gasteiger partial charge in [0, 0.05) is 24.7 Å². The first kappa shape index (κ1) is 14.0. The lowest BCUT2D eigenvalue weighted by molar-refractivity contribution is 0.309. The van der Waals surface area contributed by atoms with Crippen molar-refractivity contribution in [2.45, 2.75) is 6.92 Å². The number of anilines is 1. The summed E-state index contributed by atoms with van der Waals surface area (Å²) in [4.78, 5) is 0. The lowest BCUT2D eigenvalue weighted by Gasteiger charge is -2.13. The SMILES string of the molecule is CCOc1cc(-c2cc(N)n(C)n2)c(OC)cc1OC. The fourth-order valence-corrected chi connectivity index (χ4v) is 1.95. The second-order valence-corrected chi connectivity index (χ2v) is 4.21. The number of rotatable bonds is 5. The van der Waals surface area contributed by atoms with Crippen molar-refractivity contribution in [2.24, 2.45) is 7.05 Å². The third kappa shape index (κ3) is 2.49. The molecular formula is C14H19N3O3. The molecule has 2 rings (SSSR count). The number of nitrogens with two attached hydrogens (primary N) is 1. The molecule has 0 fully saturated rings. The summed E-state index contributed by atoms with van der Waals surface area (Å²) in [6.45, 7) is 2.47. The topological polar surface area (TPSA) is 71.5 Å². The summed E-state index contributed by atoms with van der Waals surface area (Å²) in [6.07, 6.45) is 0. The van der Waals surface area contributed by atoms with Gasteiger partial charge in [-0.25, -0.2) is 0 Å². The average Bonchev–Trinajstić information content (AvgIpc) is 2.78. The van der Waals surface area contributed by atoms with Gasteiger partial charge in [0.05, 0.1) is 26.5 Å². The zero-order chi connectivity index (χ0) is 14.7. The van der Waals surface area contributed by atoms with Crippen LogP contribution in [-0.4, -0.2) is 30.6 Å². The van der Waals surface area contributed by atoms with Crippen LogP contribution in [0.4, 0.5) is 5.82 Å². The predicted octanol–water partition coefficient (Wildman–Crippen LogP) is 2.09. The number of benzene rings is 1. The molecule has 0 aliphatic carbocycles. The van der Waals surface area contributed by atoms with Crippen LogP contribution >= 0.6 is 0 Å². The van der Waals surface area contributed by atoms with Crippen molar-refractivity contribution < 1.29 is 14.2 Å². The molecule has 6 heteroatoms. The molecule has 0 bridgehead atoms.